The Morgan fingerprint density at radius 2 is 2.10 bits per heavy atom. The fraction of sp³-hybridized carbons (Fsp3) is 0.400. The molecule has 0 saturated carbocycles. The third-order valence-corrected chi connectivity index (χ3v) is 3.98. The molecule has 0 bridgehead atoms. The van der Waals surface area contributed by atoms with Gasteiger partial charge in [0.2, 0.25) is 0 Å². The number of rotatable bonds is 2. The maximum atomic E-state index is 11.9. The van der Waals surface area contributed by atoms with Crippen molar-refractivity contribution in [2.75, 3.05) is 4.90 Å². The molecule has 2 rings (SSSR count). The van der Waals surface area contributed by atoms with Gasteiger partial charge in [0.15, 0.2) is 0 Å². The van der Waals surface area contributed by atoms with Crippen LogP contribution in [0.1, 0.15) is 33.3 Å². The van der Waals surface area contributed by atoms with Crippen LogP contribution in [0.15, 0.2) is 24.3 Å². The number of carbonyl (C=O) groups is 1. The van der Waals surface area contributed by atoms with Crippen molar-refractivity contribution in [2.24, 2.45) is 5.84 Å². The van der Waals surface area contributed by atoms with Gasteiger partial charge >= 0.3 is 0 Å². The summed E-state index contributed by atoms with van der Waals surface area (Å²) in [6, 6.07) is 5.35. The molecular formula is C15H20ClN3O. The zero-order valence-electron chi connectivity index (χ0n) is 12.2. The van der Waals surface area contributed by atoms with Crippen LogP contribution < -0.4 is 16.2 Å². The summed E-state index contributed by atoms with van der Waals surface area (Å²) in [5, 5.41) is 0.687. The predicted molar refractivity (Wildman–Crippen MR) is 83.5 cm³/mol. The van der Waals surface area contributed by atoms with Crippen LogP contribution in [0.25, 0.3) is 5.57 Å². The van der Waals surface area contributed by atoms with Crippen LogP contribution in [0, 0.1) is 0 Å². The average Bonchev–Trinajstić information content (AvgIpc) is 2.37. The largest absolute Gasteiger partial charge is 0.351 e. The number of benzene rings is 1. The Kier molecular flexibility index (Phi) is 3.80. The molecule has 0 aromatic heterocycles. The van der Waals surface area contributed by atoms with Gasteiger partial charge in [0.1, 0.15) is 6.04 Å². The molecule has 5 heteroatoms. The first-order chi connectivity index (χ1) is 9.27. The number of nitrogens with zero attached hydrogens (tertiary/aromatic N) is 1. The fourth-order valence-electron chi connectivity index (χ4n) is 2.97. The van der Waals surface area contributed by atoms with Crippen molar-refractivity contribution in [3.63, 3.8) is 0 Å². The van der Waals surface area contributed by atoms with Gasteiger partial charge in [-0.1, -0.05) is 17.7 Å². The number of allylic oxidation sites excluding steroid dienone is 1. The molecule has 1 heterocycles. The maximum Gasteiger partial charge on any atom is 0.256 e. The first kappa shape index (κ1) is 14.9. The molecule has 1 aliphatic rings. The molecule has 4 nitrogen and oxygen atoms in total. The standard InChI is InChI=1S/C15H20ClN3O/c1-9-8-15(3,4)19(10(2)14(20)18-17)13-6-5-11(16)7-12(9)13/h5-8,10H,17H2,1-4H3,(H,18,20)/t10-/m0/s1. The van der Waals surface area contributed by atoms with Gasteiger partial charge < -0.3 is 4.90 Å². The van der Waals surface area contributed by atoms with Crippen molar-refractivity contribution in [3.8, 4) is 0 Å². The number of hydrogen-bond acceptors (Lipinski definition) is 3. The van der Waals surface area contributed by atoms with Crippen molar-refractivity contribution in [3.05, 3.63) is 34.9 Å². The summed E-state index contributed by atoms with van der Waals surface area (Å²) in [4.78, 5) is 14.0. The summed E-state index contributed by atoms with van der Waals surface area (Å²) < 4.78 is 0. The van der Waals surface area contributed by atoms with Crippen LogP contribution in [0.4, 0.5) is 5.69 Å². The highest BCUT2D eigenvalue weighted by Crippen LogP contribution is 2.41. The lowest BCUT2D eigenvalue weighted by molar-refractivity contribution is -0.122. The molecule has 1 aromatic rings. The highest BCUT2D eigenvalue weighted by molar-refractivity contribution is 6.30. The summed E-state index contributed by atoms with van der Waals surface area (Å²) in [6.45, 7) is 8.06. The quantitative estimate of drug-likeness (QED) is 0.501. The SMILES string of the molecule is CC1=CC(C)(C)N([C@@H](C)C(=O)NN)c2ccc(Cl)cc21. The van der Waals surface area contributed by atoms with E-state index in [1.54, 1.807) is 0 Å². The number of nitrogens with one attached hydrogen (secondary N) is 1. The molecule has 0 spiro atoms. The lowest BCUT2D eigenvalue weighted by Gasteiger charge is -2.46. The van der Waals surface area contributed by atoms with Crippen LogP contribution in [0.2, 0.25) is 5.02 Å². The topological polar surface area (TPSA) is 58.4 Å². The summed E-state index contributed by atoms with van der Waals surface area (Å²) in [7, 11) is 0. The van der Waals surface area contributed by atoms with Crippen LogP contribution >= 0.6 is 11.6 Å². The minimum Gasteiger partial charge on any atom is -0.351 e. The average molecular weight is 294 g/mol. The highest BCUT2D eigenvalue weighted by atomic mass is 35.5. The Morgan fingerprint density at radius 3 is 2.70 bits per heavy atom. The molecule has 0 saturated heterocycles. The highest BCUT2D eigenvalue weighted by Gasteiger charge is 2.36. The number of amides is 1. The number of anilines is 1. The summed E-state index contributed by atoms with van der Waals surface area (Å²) in [6.07, 6.45) is 2.14. The molecule has 0 unspecified atom stereocenters. The fourth-order valence-corrected chi connectivity index (χ4v) is 3.14. The van der Waals surface area contributed by atoms with E-state index >= 15 is 0 Å². The zero-order valence-corrected chi connectivity index (χ0v) is 13.0. The molecule has 20 heavy (non-hydrogen) atoms. The molecule has 0 aliphatic carbocycles. The number of hydrazine groups is 1. The first-order valence-corrected chi connectivity index (χ1v) is 6.95. The van der Waals surface area contributed by atoms with Gasteiger partial charge in [-0.15, -0.1) is 0 Å². The molecule has 1 amide bonds. The van der Waals surface area contributed by atoms with E-state index in [-0.39, 0.29) is 17.5 Å². The second-order valence-corrected chi connectivity index (χ2v) is 6.13. The van der Waals surface area contributed by atoms with Crippen molar-refractivity contribution in [1.29, 1.82) is 0 Å². The third-order valence-electron chi connectivity index (χ3n) is 3.74. The van der Waals surface area contributed by atoms with E-state index in [1.165, 1.54) is 0 Å². The second kappa shape index (κ2) is 5.11. The van der Waals surface area contributed by atoms with Crippen LogP contribution in [-0.4, -0.2) is 17.5 Å². The lowest BCUT2D eigenvalue weighted by atomic mass is 9.87. The van der Waals surface area contributed by atoms with E-state index < -0.39 is 0 Å². The monoisotopic (exact) mass is 293 g/mol. The molecule has 1 atom stereocenters. The van der Waals surface area contributed by atoms with E-state index in [0.29, 0.717) is 5.02 Å². The lowest BCUT2D eigenvalue weighted by Crippen LogP contribution is -2.56. The van der Waals surface area contributed by atoms with Crippen molar-refractivity contribution >= 4 is 28.8 Å². The van der Waals surface area contributed by atoms with E-state index in [0.717, 1.165) is 16.8 Å². The van der Waals surface area contributed by atoms with Crippen molar-refractivity contribution in [2.45, 2.75) is 39.3 Å². The van der Waals surface area contributed by atoms with Gasteiger partial charge in [0.05, 0.1) is 5.54 Å². The van der Waals surface area contributed by atoms with E-state index in [2.05, 4.69) is 37.2 Å². The Bertz CT molecular complexity index is 580. The number of carbonyl (C=O) groups excluding carboxylic acids is 1. The van der Waals surface area contributed by atoms with Gasteiger partial charge in [-0.2, -0.15) is 0 Å². The van der Waals surface area contributed by atoms with E-state index in [9.17, 15) is 4.79 Å². The van der Waals surface area contributed by atoms with Gasteiger partial charge in [0, 0.05) is 16.3 Å². The summed E-state index contributed by atoms with van der Waals surface area (Å²) in [5.41, 5.74) is 5.15. The Hall–Kier alpha value is -1.52. The van der Waals surface area contributed by atoms with Crippen molar-refractivity contribution in [1.82, 2.24) is 5.43 Å². The Labute approximate surface area is 124 Å². The second-order valence-electron chi connectivity index (χ2n) is 5.70. The molecule has 3 N–H and O–H groups in total. The minimum atomic E-state index is -0.376. The Balaban J connectivity index is 2.59. The van der Waals surface area contributed by atoms with Gasteiger partial charge in [0.25, 0.3) is 5.91 Å². The van der Waals surface area contributed by atoms with Crippen LogP contribution in [0.5, 0.6) is 0 Å². The molecule has 1 aromatic carbocycles. The number of hydrogen-bond donors (Lipinski definition) is 2. The molecule has 108 valence electrons. The normalized spacial score (nSPS) is 18.1. The molecule has 1 aliphatic heterocycles. The number of fused-ring (bicyclic) bond motifs is 1. The number of nitrogens with two attached hydrogens (primary N) is 1. The maximum absolute atomic E-state index is 11.9. The number of halogens is 1. The summed E-state index contributed by atoms with van der Waals surface area (Å²) in [5.74, 6) is 5.06. The van der Waals surface area contributed by atoms with Crippen molar-refractivity contribution < 1.29 is 4.79 Å². The van der Waals surface area contributed by atoms with Gasteiger partial charge in [-0.25, -0.2) is 5.84 Å². The van der Waals surface area contributed by atoms with Crippen LogP contribution in [-0.2, 0) is 4.79 Å². The van der Waals surface area contributed by atoms with Crippen LogP contribution in [0.3, 0.4) is 0 Å². The minimum absolute atomic E-state index is 0.216. The summed E-state index contributed by atoms with van der Waals surface area (Å²) >= 11 is 6.09. The molecular weight excluding hydrogens is 274 g/mol. The van der Waals surface area contributed by atoms with Gasteiger partial charge in [-0.3, -0.25) is 10.2 Å². The first-order valence-electron chi connectivity index (χ1n) is 6.57. The molecule has 0 radical (unpaired) electrons. The third kappa shape index (κ3) is 2.41. The van der Waals surface area contributed by atoms with Gasteiger partial charge in [-0.05, 0) is 51.5 Å². The molecule has 0 fully saturated rings. The van der Waals surface area contributed by atoms with E-state index in [1.807, 2.05) is 25.1 Å². The Morgan fingerprint density at radius 1 is 1.45 bits per heavy atom. The predicted octanol–water partition coefficient (Wildman–Crippen LogP) is 2.72. The smallest absolute Gasteiger partial charge is 0.256 e. The zero-order chi connectivity index (χ0) is 15.1. The van der Waals surface area contributed by atoms with E-state index in [4.69, 9.17) is 17.4 Å².